The highest BCUT2D eigenvalue weighted by Gasteiger charge is 2.13. The maximum absolute atomic E-state index is 12.6. The number of hydrogen-bond donors (Lipinski definition) is 2. The van der Waals surface area contributed by atoms with E-state index in [0.29, 0.717) is 15.0 Å². The van der Waals surface area contributed by atoms with Crippen molar-refractivity contribution < 1.29 is 9.59 Å². The second-order valence-corrected chi connectivity index (χ2v) is 9.97. The number of anilines is 2. The first-order valence-electron chi connectivity index (χ1n) is 10.7. The zero-order valence-corrected chi connectivity index (χ0v) is 20.5. The largest absolute Gasteiger partial charge is 0.325 e. The Kier molecular flexibility index (Phi) is 7.72. The minimum Gasteiger partial charge on any atom is -0.325 e. The first-order chi connectivity index (χ1) is 16.5. The van der Waals surface area contributed by atoms with Crippen LogP contribution in [0.5, 0.6) is 0 Å². The molecule has 0 saturated heterocycles. The summed E-state index contributed by atoms with van der Waals surface area (Å²) < 4.78 is 0.615. The Balaban J connectivity index is 1.28. The van der Waals surface area contributed by atoms with E-state index in [1.54, 1.807) is 0 Å². The molecule has 34 heavy (non-hydrogen) atoms. The molecule has 4 rings (SSSR count). The number of aromatic nitrogens is 2. The van der Waals surface area contributed by atoms with Crippen molar-refractivity contribution in [3.05, 3.63) is 101 Å². The van der Waals surface area contributed by atoms with Crippen molar-refractivity contribution in [1.82, 2.24) is 10.2 Å². The second-order valence-electron chi connectivity index (χ2n) is 7.77. The average Bonchev–Trinajstić information content (AvgIpc) is 3.29. The molecule has 0 spiro atoms. The van der Waals surface area contributed by atoms with Gasteiger partial charge in [-0.2, -0.15) is 0 Å². The van der Waals surface area contributed by atoms with Crippen molar-refractivity contribution in [2.24, 2.45) is 0 Å². The molecule has 172 valence electrons. The van der Waals surface area contributed by atoms with Crippen LogP contribution in [0.15, 0.2) is 77.1 Å². The molecule has 0 saturated carbocycles. The number of aryl methyl sites for hydroxylation is 1. The molecule has 0 aliphatic carbocycles. The van der Waals surface area contributed by atoms with Gasteiger partial charge in [-0.25, -0.2) is 0 Å². The minimum absolute atomic E-state index is 0.116. The third-order valence-corrected chi connectivity index (χ3v) is 7.27. The SMILES string of the molecule is Cc1cccc(NC(=O)CSc2nnc(NC(=O)c3ccc(Cc4ccccc4)cc3)s2)c1C. The summed E-state index contributed by atoms with van der Waals surface area (Å²) in [5, 5.41) is 14.2. The van der Waals surface area contributed by atoms with E-state index < -0.39 is 0 Å². The van der Waals surface area contributed by atoms with Crippen LogP contribution in [0.1, 0.15) is 32.6 Å². The molecule has 4 aromatic rings. The smallest absolute Gasteiger partial charge is 0.257 e. The fourth-order valence-electron chi connectivity index (χ4n) is 3.29. The first kappa shape index (κ1) is 23.7. The van der Waals surface area contributed by atoms with Crippen LogP contribution in [0.3, 0.4) is 0 Å². The van der Waals surface area contributed by atoms with Gasteiger partial charge in [0.1, 0.15) is 0 Å². The van der Waals surface area contributed by atoms with E-state index in [0.717, 1.165) is 28.8 Å². The molecule has 8 heteroatoms. The normalized spacial score (nSPS) is 10.6. The van der Waals surface area contributed by atoms with Crippen LogP contribution in [0.2, 0.25) is 0 Å². The molecule has 3 aromatic carbocycles. The maximum Gasteiger partial charge on any atom is 0.257 e. The summed E-state index contributed by atoms with van der Waals surface area (Å²) >= 11 is 2.53. The topological polar surface area (TPSA) is 84.0 Å². The number of carbonyl (C=O) groups is 2. The zero-order valence-electron chi connectivity index (χ0n) is 18.9. The number of nitrogens with zero attached hydrogens (tertiary/aromatic N) is 2. The van der Waals surface area contributed by atoms with Crippen LogP contribution in [0, 0.1) is 13.8 Å². The van der Waals surface area contributed by atoms with Gasteiger partial charge in [-0.1, -0.05) is 77.7 Å². The lowest BCUT2D eigenvalue weighted by molar-refractivity contribution is -0.113. The number of hydrogen-bond acceptors (Lipinski definition) is 6. The van der Waals surface area contributed by atoms with Crippen LogP contribution < -0.4 is 10.6 Å². The summed E-state index contributed by atoms with van der Waals surface area (Å²) in [5.74, 6) is -0.152. The van der Waals surface area contributed by atoms with Gasteiger partial charge in [-0.3, -0.25) is 14.9 Å². The summed E-state index contributed by atoms with van der Waals surface area (Å²) in [6, 6.07) is 23.5. The molecule has 0 aliphatic rings. The van der Waals surface area contributed by atoms with Gasteiger partial charge in [-0.15, -0.1) is 10.2 Å². The van der Waals surface area contributed by atoms with Gasteiger partial charge in [0.05, 0.1) is 5.75 Å². The van der Waals surface area contributed by atoms with Gasteiger partial charge < -0.3 is 5.32 Å². The lowest BCUT2D eigenvalue weighted by atomic mass is 10.0. The van der Waals surface area contributed by atoms with Crippen LogP contribution in [-0.4, -0.2) is 27.8 Å². The Morgan fingerprint density at radius 3 is 2.35 bits per heavy atom. The fourth-order valence-corrected chi connectivity index (χ4v) is 4.84. The average molecular weight is 489 g/mol. The minimum atomic E-state index is -0.244. The molecule has 0 aliphatic heterocycles. The van der Waals surface area contributed by atoms with Gasteiger partial charge in [-0.05, 0) is 60.7 Å². The molecule has 6 nitrogen and oxygen atoms in total. The summed E-state index contributed by atoms with van der Waals surface area (Å²) in [5.41, 5.74) is 5.90. The highest BCUT2D eigenvalue weighted by molar-refractivity contribution is 8.01. The molecule has 1 heterocycles. The predicted octanol–water partition coefficient (Wildman–Crippen LogP) is 5.73. The van der Waals surface area contributed by atoms with E-state index in [1.165, 1.54) is 28.7 Å². The molecule has 2 amide bonds. The Labute approximate surface area is 206 Å². The number of thioether (sulfide) groups is 1. The molecule has 0 fully saturated rings. The summed E-state index contributed by atoms with van der Waals surface area (Å²) in [6.45, 7) is 3.99. The highest BCUT2D eigenvalue weighted by atomic mass is 32.2. The Hall–Kier alpha value is -3.49. The molecule has 0 atom stereocenters. The third-order valence-electron chi connectivity index (χ3n) is 5.30. The van der Waals surface area contributed by atoms with E-state index in [9.17, 15) is 9.59 Å². The number of nitrogens with one attached hydrogen (secondary N) is 2. The summed E-state index contributed by atoms with van der Waals surface area (Å²) in [6.07, 6.45) is 0.816. The quantitative estimate of drug-likeness (QED) is 0.244. The summed E-state index contributed by atoms with van der Waals surface area (Å²) in [7, 11) is 0. The van der Waals surface area contributed by atoms with Gasteiger partial charge in [0.2, 0.25) is 11.0 Å². The molecular weight excluding hydrogens is 464 g/mol. The van der Waals surface area contributed by atoms with Crippen molar-refractivity contribution in [2.45, 2.75) is 24.6 Å². The van der Waals surface area contributed by atoms with Crippen molar-refractivity contribution >= 4 is 45.7 Å². The maximum atomic E-state index is 12.6. The fraction of sp³-hybridized carbons (Fsp3) is 0.154. The van der Waals surface area contributed by atoms with E-state index >= 15 is 0 Å². The molecule has 0 radical (unpaired) electrons. The Morgan fingerprint density at radius 1 is 0.853 bits per heavy atom. The van der Waals surface area contributed by atoms with Crippen molar-refractivity contribution in [2.75, 3.05) is 16.4 Å². The van der Waals surface area contributed by atoms with Crippen molar-refractivity contribution in [3.63, 3.8) is 0 Å². The zero-order chi connectivity index (χ0) is 23.9. The lowest BCUT2D eigenvalue weighted by Crippen LogP contribution is -2.15. The van der Waals surface area contributed by atoms with Gasteiger partial charge in [0.25, 0.3) is 5.91 Å². The second kappa shape index (κ2) is 11.1. The number of benzene rings is 3. The van der Waals surface area contributed by atoms with Crippen LogP contribution in [0.25, 0.3) is 0 Å². The lowest BCUT2D eigenvalue weighted by Gasteiger charge is -2.09. The molecule has 1 aromatic heterocycles. The monoisotopic (exact) mass is 488 g/mol. The predicted molar refractivity (Wildman–Crippen MR) is 139 cm³/mol. The van der Waals surface area contributed by atoms with E-state index in [-0.39, 0.29) is 17.6 Å². The van der Waals surface area contributed by atoms with Crippen LogP contribution in [0.4, 0.5) is 10.8 Å². The van der Waals surface area contributed by atoms with Gasteiger partial charge in [0, 0.05) is 11.3 Å². The first-order valence-corrected chi connectivity index (χ1v) is 12.5. The van der Waals surface area contributed by atoms with Gasteiger partial charge in [0.15, 0.2) is 4.34 Å². The van der Waals surface area contributed by atoms with E-state index in [4.69, 9.17) is 0 Å². The number of amides is 2. The highest BCUT2D eigenvalue weighted by Crippen LogP contribution is 2.26. The molecule has 0 unspecified atom stereocenters. The number of carbonyl (C=O) groups excluding carboxylic acids is 2. The van der Waals surface area contributed by atoms with E-state index in [2.05, 4.69) is 33.0 Å². The molecule has 0 bridgehead atoms. The molecule has 2 N–H and O–H groups in total. The van der Waals surface area contributed by atoms with Crippen molar-refractivity contribution in [1.29, 1.82) is 0 Å². The van der Waals surface area contributed by atoms with Crippen LogP contribution in [-0.2, 0) is 11.2 Å². The molecular formula is C26H24N4O2S2. The Morgan fingerprint density at radius 2 is 1.59 bits per heavy atom. The number of rotatable bonds is 8. The van der Waals surface area contributed by atoms with Crippen LogP contribution >= 0.6 is 23.1 Å². The van der Waals surface area contributed by atoms with E-state index in [1.807, 2.05) is 74.5 Å². The standard InChI is InChI=1S/C26H24N4O2S2/c1-17-7-6-10-22(18(17)2)27-23(31)16-33-26-30-29-25(34-26)28-24(32)21-13-11-20(12-14-21)15-19-8-4-3-5-9-19/h3-14H,15-16H2,1-2H3,(H,27,31)(H,28,29,32). The van der Waals surface area contributed by atoms with Gasteiger partial charge >= 0.3 is 0 Å². The van der Waals surface area contributed by atoms with Crippen molar-refractivity contribution in [3.8, 4) is 0 Å². The Bertz CT molecular complexity index is 1290. The summed E-state index contributed by atoms with van der Waals surface area (Å²) in [4.78, 5) is 24.9. The third kappa shape index (κ3) is 6.30.